The molecule has 1 amide bonds. The summed E-state index contributed by atoms with van der Waals surface area (Å²) in [5, 5.41) is 3.09. The number of likely N-dealkylation sites (tertiary alicyclic amines) is 1. The third-order valence-electron chi connectivity index (χ3n) is 4.17. The van der Waals surface area contributed by atoms with Gasteiger partial charge in [-0.1, -0.05) is 6.92 Å². The summed E-state index contributed by atoms with van der Waals surface area (Å²) in [7, 11) is 1.84. The van der Waals surface area contributed by atoms with Crippen LogP contribution in [0.3, 0.4) is 0 Å². The number of nitrogens with zero attached hydrogens (tertiary/aromatic N) is 2. The Kier molecular flexibility index (Phi) is 4.08. The van der Waals surface area contributed by atoms with E-state index in [9.17, 15) is 4.79 Å². The predicted molar refractivity (Wildman–Crippen MR) is 77.4 cm³/mol. The first-order valence-corrected chi connectivity index (χ1v) is 7.00. The molecule has 1 aromatic heterocycles. The van der Waals surface area contributed by atoms with Crippen LogP contribution in [0.25, 0.3) is 0 Å². The lowest BCUT2D eigenvalue weighted by Crippen LogP contribution is -2.46. The summed E-state index contributed by atoms with van der Waals surface area (Å²) in [6, 6.07) is 2.22. The maximum Gasteiger partial charge on any atom is 0.257 e. The van der Waals surface area contributed by atoms with E-state index in [0.717, 1.165) is 24.3 Å². The Hall–Kier alpha value is -1.58. The quantitative estimate of drug-likeness (QED) is 0.890. The van der Waals surface area contributed by atoms with Crippen LogP contribution in [0.15, 0.2) is 12.3 Å². The minimum absolute atomic E-state index is 0.0934. The number of hydrogen-bond donors (Lipinski definition) is 1. The molecule has 1 saturated heterocycles. The molecule has 2 rings (SSSR count). The van der Waals surface area contributed by atoms with Crippen molar-refractivity contribution in [2.45, 2.75) is 39.7 Å². The van der Waals surface area contributed by atoms with Crippen molar-refractivity contribution in [3.8, 4) is 0 Å². The summed E-state index contributed by atoms with van der Waals surface area (Å²) in [4.78, 5) is 18.9. The van der Waals surface area contributed by atoms with Gasteiger partial charge in [-0.25, -0.2) is 0 Å². The SMILES string of the molecule is CNc1cc(C)ncc1C(=O)N1CCCC(C)C1C. The largest absolute Gasteiger partial charge is 0.387 e. The lowest BCUT2D eigenvalue weighted by Gasteiger charge is -2.38. The summed E-state index contributed by atoms with van der Waals surface area (Å²) in [6.07, 6.45) is 3.98. The van der Waals surface area contributed by atoms with Gasteiger partial charge in [0.15, 0.2) is 0 Å². The van der Waals surface area contributed by atoms with E-state index in [0.29, 0.717) is 17.5 Å². The number of amides is 1. The van der Waals surface area contributed by atoms with Gasteiger partial charge in [-0.05, 0) is 38.7 Å². The average molecular weight is 261 g/mol. The van der Waals surface area contributed by atoms with E-state index in [2.05, 4.69) is 24.1 Å². The van der Waals surface area contributed by atoms with Crippen LogP contribution in [0.5, 0.6) is 0 Å². The van der Waals surface area contributed by atoms with Crippen molar-refractivity contribution in [2.24, 2.45) is 5.92 Å². The number of pyridine rings is 1. The van der Waals surface area contributed by atoms with E-state index in [1.807, 2.05) is 24.9 Å². The van der Waals surface area contributed by atoms with Crippen molar-refractivity contribution in [1.29, 1.82) is 0 Å². The average Bonchev–Trinajstić information content (AvgIpc) is 2.41. The highest BCUT2D eigenvalue weighted by Crippen LogP contribution is 2.26. The van der Waals surface area contributed by atoms with Gasteiger partial charge in [0, 0.05) is 31.5 Å². The van der Waals surface area contributed by atoms with Gasteiger partial charge in [0.05, 0.1) is 11.3 Å². The molecule has 0 aliphatic carbocycles. The maximum absolute atomic E-state index is 12.7. The summed E-state index contributed by atoms with van der Waals surface area (Å²) in [6.45, 7) is 7.14. The molecular weight excluding hydrogens is 238 g/mol. The fourth-order valence-electron chi connectivity index (χ4n) is 2.71. The Balaban J connectivity index is 2.28. The molecule has 1 aliphatic rings. The number of aromatic nitrogens is 1. The standard InChI is InChI=1S/C15H23N3O/c1-10-6-5-7-18(12(10)3)15(19)13-9-17-11(2)8-14(13)16-4/h8-10,12H,5-7H2,1-4H3,(H,16,17). The predicted octanol–water partition coefficient (Wildman–Crippen LogP) is 2.69. The van der Waals surface area contributed by atoms with Crippen molar-refractivity contribution in [2.75, 3.05) is 18.9 Å². The number of carbonyl (C=O) groups is 1. The third-order valence-corrected chi connectivity index (χ3v) is 4.17. The zero-order chi connectivity index (χ0) is 14.0. The molecule has 0 bridgehead atoms. The van der Waals surface area contributed by atoms with E-state index in [1.165, 1.54) is 6.42 Å². The second-order valence-corrected chi connectivity index (χ2v) is 5.48. The van der Waals surface area contributed by atoms with Gasteiger partial charge >= 0.3 is 0 Å². The molecule has 0 spiro atoms. The zero-order valence-corrected chi connectivity index (χ0v) is 12.2. The summed E-state index contributed by atoms with van der Waals surface area (Å²) in [5.41, 5.74) is 2.46. The van der Waals surface area contributed by atoms with Crippen LogP contribution in [-0.4, -0.2) is 35.4 Å². The van der Waals surface area contributed by atoms with Gasteiger partial charge in [0.1, 0.15) is 0 Å². The van der Waals surface area contributed by atoms with Crippen molar-refractivity contribution in [3.63, 3.8) is 0 Å². The fourth-order valence-corrected chi connectivity index (χ4v) is 2.71. The molecule has 4 heteroatoms. The second kappa shape index (κ2) is 5.59. The Bertz CT molecular complexity index is 472. The Labute approximate surface area is 115 Å². The highest BCUT2D eigenvalue weighted by molar-refractivity contribution is 5.99. The first-order valence-electron chi connectivity index (χ1n) is 7.00. The van der Waals surface area contributed by atoms with Gasteiger partial charge in [-0.3, -0.25) is 9.78 Å². The maximum atomic E-state index is 12.7. The van der Waals surface area contributed by atoms with Crippen LogP contribution in [0, 0.1) is 12.8 Å². The van der Waals surface area contributed by atoms with E-state index in [1.54, 1.807) is 6.20 Å². The molecule has 2 unspecified atom stereocenters. The zero-order valence-electron chi connectivity index (χ0n) is 12.2. The van der Waals surface area contributed by atoms with Gasteiger partial charge < -0.3 is 10.2 Å². The number of piperidine rings is 1. The minimum atomic E-state index is 0.0934. The second-order valence-electron chi connectivity index (χ2n) is 5.48. The molecule has 0 aromatic carbocycles. The van der Waals surface area contributed by atoms with Crippen LogP contribution in [0.1, 0.15) is 42.7 Å². The van der Waals surface area contributed by atoms with Gasteiger partial charge in [-0.2, -0.15) is 0 Å². The lowest BCUT2D eigenvalue weighted by atomic mass is 9.91. The molecule has 1 fully saturated rings. The first-order chi connectivity index (χ1) is 9.04. The molecule has 0 radical (unpaired) electrons. The molecule has 104 valence electrons. The van der Waals surface area contributed by atoms with Crippen LogP contribution in [0.2, 0.25) is 0 Å². The monoisotopic (exact) mass is 261 g/mol. The molecule has 1 aromatic rings. The first kappa shape index (κ1) is 13.8. The Morgan fingerprint density at radius 2 is 2.21 bits per heavy atom. The van der Waals surface area contributed by atoms with Gasteiger partial charge in [-0.15, -0.1) is 0 Å². The summed E-state index contributed by atoms with van der Waals surface area (Å²) in [5.74, 6) is 0.657. The summed E-state index contributed by atoms with van der Waals surface area (Å²) >= 11 is 0. The molecule has 19 heavy (non-hydrogen) atoms. The van der Waals surface area contributed by atoms with Crippen molar-refractivity contribution >= 4 is 11.6 Å². The molecule has 1 aliphatic heterocycles. The number of hydrogen-bond acceptors (Lipinski definition) is 3. The van der Waals surface area contributed by atoms with Gasteiger partial charge in [0.2, 0.25) is 0 Å². The molecule has 1 N–H and O–H groups in total. The fraction of sp³-hybridized carbons (Fsp3) is 0.600. The smallest absolute Gasteiger partial charge is 0.257 e. The van der Waals surface area contributed by atoms with Crippen LogP contribution >= 0.6 is 0 Å². The Morgan fingerprint density at radius 3 is 2.89 bits per heavy atom. The van der Waals surface area contributed by atoms with Gasteiger partial charge in [0.25, 0.3) is 5.91 Å². The van der Waals surface area contributed by atoms with Crippen molar-refractivity contribution in [1.82, 2.24) is 9.88 Å². The highest BCUT2D eigenvalue weighted by atomic mass is 16.2. The third kappa shape index (κ3) is 2.72. The molecule has 2 heterocycles. The normalized spacial score (nSPS) is 23.3. The highest BCUT2D eigenvalue weighted by Gasteiger charge is 2.30. The van der Waals surface area contributed by atoms with Crippen molar-refractivity contribution in [3.05, 3.63) is 23.5 Å². The molecule has 2 atom stereocenters. The number of anilines is 1. The lowest BCUT2D eigenvalue weighted by molar-refractivity contribution is 0.0551. The van der Waals surface area contributed by atoms with Crippen LogP contribution in [-0.2, 0) is 0 Å². The minimum Gasteiger partial charge on any atom is -0.387 e. The number of aryl methyl sites for hydroxylation is 1. The van der Waals surface area contributed by atoms with Crippen molar-refractivity contribution < 1.29 is 4.79 Å². The van der Waals surface area contributed by atoms with E-state index in [4.69, 9.17) is 0 Å². The molecule has 4 nitrogen and oxygen atoms in total. The number of rotatable bonds is 2. The van der Waals surface area contributed by atoms with E-state index in [-0.39, 0.29) is 5.91 Å². The van der Waals surface area contributed by atoms with Crippen LogP contribution < -0.4 is 5.32 Å². The Morgan fingerprint density at radius 1 is 1.47 bits per heavy atom. The topological polar surface area (TPSA) is 45.2 Å². The molecular formula is C15H23N3O. The number of carbonyl (C=O) groups excluding carboxylic acids is 1. The summed E-state index contributed by atoms with van der Waals surface area (Å²) < 4.78 is 0. The van der Waals surface area contributed by atoms with E-state index >= 15 is 0 Å². The molecule has 0 saturated carbocycles. The number of nitrogens with one attached hydrogen (secondary N) is 1. The van der Waals surface area contributed by atoms with Crippen LogP contribution in [0.4, 0.5) is 5.69 Å². The van der Waals surface area contributed by atoms with E-state index < -0.39 is 0 Å².